The summed E-state index contributed by atoms with van der Waals surface area (Å²) in [5.41, 5.74) is 4.53. The van der Waals surface area contributed by atoms with Crippen molar-refractivity contribution in [3.63, 3.8) is 0 Å². The molecule has 1 heterocycles. The molecule has 5 nitrogen and oxygen atoms in total. The standard InChI is InChI=1S/C26H26FNO4.C2H6/c1-32-24(31)15-20(30)14-19(29)12-13-22-25(16-8-10-18(27)11-9-16)21-4-2-3-5-23(21)28-26(22)17-6-7-17;1-2/h2-5,8-13,17,19-20,29-30H,6-7,14-15H2,1H3;1-2H3/b13-12+;. The van der Waals surface area contributed by atoms with Crippen molar-refractivity contribution in [2.75, 3.05) is 7.11 Å². The maximum Gasteiger partial charge on any atom is 0.308 e. The highest BCUT2D eigenvalue weighted by molar-refractivity contribution is 5.99. The van der Waals surface area contributed by atoms with E-state index in [1.54, 1.807) is 18.2 Å². The Morgan fingerprint density at radius 3 is 2.47 bits per heavy atom. The minimum atomic E-state index is -1.00. The summed E-state index contributed by atoms with van der Waals surface area (Å²) in [6, 6.07) is 14.2. The van der Waals surface area contributed by atoms with Crippen LogP contribution >= 0.6 is 0 Å². The molecule has 0 spiro atoms. The maximum atomic E-state index is 13.6. The fraction of sp³-hybridized carbons (Fsp3) is 0.357. The largest absolute Gasteiger partial charge is 0.469 e. The lowest BCUT2D eigenvalue weighted by Gasteiger charge is -2.16. The number of hydrogen-bond donors (Lipinski definition) is 2. The number of para-hydroxylation sites is 1. The molecule has 2 unspecified atom stereocenters. The molecule has 1 aliphatic carbocycles. The van der Waals surface area contributed by atoms with E-state index in [0.717, 1.165) is 46.1 Å². The van der Waals surface area contributed by atoms with Gasteiger partial charge in [0.05, 0.1) is 36.9 Å². The Morgan fingerprint density at radius 2 is 1.82 bits per heavy atom. The first-order valence-electron chi connectivity index (χ1n) is 11.8. The van der Waals surface area contributed by atoms with Crippen molar-refractivity contribution in [1.29, 1.82) is 0 Å². The number of aliphatic hydroxyl groups is 2. The number of pyridine rings is 1. The number of aliphatic hydroxyl groups excluding tert-OH is 2. The lowest BCUT2D eigenvalue weighted by atomic mass is 9.92. The van der Waals surface area contributed by atoms with Gasteiger partial charge in [0, 0.05) is 28.9 Å². The number of ether oxygens (including phenoxy) is 1. The van der Waals surface area contributed by atoms with Crippen LogP contribution in [0.3, 0.4) is 0 Å². The third-order valence-corrected chi connectivity index (χ3v) is 5.69. The SMILES string of the molecule is CC.COC(=O)CC(O)CC(O)/C=C/c1c(C2CC2)nc2ccccc2c1-c1ccc(F)cc1. The minimum absolute atomic E-state index is 0.0112. The molecule has 0 saturated heterocycles. The molecule has 4 rings (SSSR count). The Hall–Kier alpha value is -3.09. The van der Waals surface area contributed by atoms with E-state index in [4.69, 9.17) is 4.98 Å². The molecule has 0 aliphatic heterocycles. The van der Waals surface area contributed by atoms with Crippen LogP contribution in [0.4, 0.5) is 4.39 Å². The molecular weight excluding hydrogens is 433 g/mol. The summed E-state index contributed by atoms with van der Waals surface area (Å²) in [4.78, 5) is 16.3. The fourth-order valence-electron chi connectivity index (χ4n) is 3.93. The quantitative estimate of drug-likeness (QED) is 0.421. The number of nitrogens with zero attached hydrogens (tertiary/aromatic N) is 1. The molecule has 1 aliphatic rings. The number of hydrogen-bond acceptors (Lipinski definition) is 5. The van der Waals surface area contributed by atoms with Crippen molar-refractivity contribution in [2.45, 2.75) is 57.7 Å². The van der Waals surface area contributed by atoms with E-state index in [1.165, 1.54) is 19.2 Å². The van der Waals surface area contributed by atoms with Crippen LogP contribution in [0.2, 0.25) is 0 Å². The van der Waals surface area contributed by atoms with E-state index in [2.05, 4.69) is 4.74 Å². The van der Waals surface area contributed by atoms with Gasteiger partial charge in [-0.15, -0.1) is 0 Å². The summed E-state index contributed by atoms with van der Waals surface area (Å²) in [7, 11) is 1.26. The van der Waals surface area contributed by atoms with E-state index in [0.29, 0.717) is 5.92 Å². The van der Waals surface area contributed by atoms with Crippen molar-refractivity contribution < 1.29 is 24.1 Å². The van der Waals surface area contributed by atoms with E-state index < -0.39 is 18.2 Å². The summed E-state index contributed by atoms with van der Waals surface area (Å²) < 4.78 is 18.2. The van der Waals surface area contributed by atoms with Crippen LogP contribution < -0.4 is 0 Å². The fourth-order valence-corrected chi connectivity index (χ4v) is 3.93. The summed E-state index contributed by atoms with van der Waals surface area (Å²) in [5.74, 6) is -0.482. The zero-order valence-corrected chi connectivity index (χ0v) is 19.9. The molecule has 3 aromatic rings. The summed E-state index contributed by atoms with van der Waals surface area (Å²) in [5, 5.41) is 21.4. The smallest absolute Gasteiger partial charge is 0.308 e. The van der Waals surface area contributed by atoms with Crippen LogP contribution in [0, 0.1) is 5.82 Å². The number of carbonyl (C=O) groups is 1. The Morgan fingerprint density at radius 1 is 1.15 bits per heavy atom. The number of carbonyl (C=O) groups excluding carboxylic acids is 1. The monoisotopic (exact) mass is 465 g/mol. The molecule has 2 N–H and O–H groups in total. The second-order valence-corrected chi connectivity index (χ2v) is 8.18. The average molecular weight is 466 g/mol. The second-order valence-electron chi connectivity index (χ2n) is 8.18. The Balaban J connectivity index is 0.00000158. The maximum absolute atomic E-state index is 13.6. The van der Waals surface area contributed by atoms with Gasteiger partial charge >= 0.3 is 5.97 Å². The van der Waals surface area contributed by atoms with Gasteiger partial charge in [-0.3, -0.25) is 9.78 Å². The first kappa shape index (κ1) is 25.5. The highest BCUT2D eigenvalue weighted by Gasteiger charge is 2.29. The predicted octanol–water partition coefficient (Wildman–Crippen LogP) is 5.63. The first-order valence-corrected chi connectivity index (χ1v) is 11.8. The average Bonchev–Trinajstić information content (AvgIpc) is 3.69. The van der Waals surface area contributed by atoms with Gasteiger partial charge in [0.1, 0.15) is 5.82 Å². The van der Waals surface area contributed by atoms with E-state index in [1.807, 2.05) is 44.2 Å². The van der Waals surface area contributed by atoms with Crippen LogP contribution in [0.25, 0.3) is 28.1 Å². The molecule has 1 saturated carbocycles. The van der Waals surface area contributed by atoms with Crippen molar-refractivity contribution >= 4 is 22.9 Å². The van der Waals surface area contributed by atoms with Gasteiger partial charge < -0.3 is 14.9 Å². The van der Waals surface area contributed by atoms with E-state index in [-0.39, 0.29) is 18.7 Å². The van der Waals surface area contributed by atoms with Gasteiger partial charge in [0.15, 0.2) is 0 Å². The third kappa shape index (κ3) is 6.27. The topological polar surface area (TPSA) is 79.7 Å². The van der Waals surface area contributed by atoms with Crippen molar-refractivity contribution in [2.24, 2.45) is 0 Å². The molecule has 1 fully saturated rings. The van der Waals surface area contributed by atoms with Crippen molar-refractivity contribution in [1.82, 2.24) is 4.98 Å². The number of benzene rings is 2. The van der Waals surface area contributed by atoms with Gasteiger partial charge in [-0.1, -0.05) is 56.3 Å². The Kier molecular flexibility index (Phi) is 8.91. The van der Waals surface area contributed by atoms with Crippen LogP contribution in [-0.4, -0.2) is 40.5 Å². The van der Waals surface area contributed by atoms with Gasteiger partial charge in [-0.05, 0) is 36.6 Å². The Labute approximate surface area is 199 Å². The highest BCUT2D eigenvalue weighted by Crippen LogP contribution is 2.45. The minimum Gasteiger partial charge on any atom is -0.469 e. The van der Waals surface area contributed by atoms with Gasteiger partial charge in [-0.2, -0.15) is 0 Å². The molecule has 2 atom stereocenters. The lowest BCUT2D eigenvalue weighted by molar-refractivity contribution is -0.143. The lowest BCUT2D eigenvalue weighted by Crippen LogP contribution is -2.20. The third-order valence-electron chi connectivity index (χ3n) is 5.69. The number of halogens is 1. The summed E-state index contributed by atoms with van der Waals surface area (Å²) in [6.07, 6.45) is 3.44. The molecule has 1 aromatic heterocycles. The number of fused-ring (bicyclic) bond motifs is 1. The molecule has 180 valence electrons. The number of methoxy groups -OCH3 is 1. The molecule has 6 heteroatoms. The first-order chi connectivity index (χ1) is 16.5. The van der Waals surface area contributed by atoms with Crippen LogP contribution in [0.15, 0.2) is 54.6 Å². The molecule has 0 radical (unpaired) electrons. The molecule has 0 amide bonds. The summed E-state index contributed by atoms with van der Waals surface area (Å²) >= 11 is 0. The van der Waals surface area contributed by atoms with Gasteiger partial charge in [0.2, 0.25) is 0 Å². The zero-order valence-electron chi connectivity index (χ0n) is 19.9. The van der Waals surface area contributed by atoms with Crippen LogP contribution in [-0.2, 0) is 9.53 Å². The second kappa shape index (κ2) is 11.9. The molecule has 0 bridgehead atoms. The number of esters is 1. The predicted molar refractivity (Wildman–Crippen MR) is 133 cm³/mol. The number of rotatable bonds is 8. The van der Waals surface area contributed by atoms with Gasteiger partial charge in [0.25, 0.3) is 0 Å². The molecule has 34 heavy (non-hydrogen) atoms. The van der Waals surface area contributed by atoms with Gasteiger partial charge in [-0.25, -0.2) is 4.39 Å². The summed E-state index contributed by atoms with van der Waals surface area (Å²) in [6.45, 7) is 4.00. The number of aromatic nitrogens is 1. The van der Waals surface area contributed by atoms with Crippen molar-refractivity contribution in [3.05, 3.63) is 71.7 Å². The van der Waals surface area contributed by atoms with Crippen molar-refractivity contribution in [3.8, 4) is 11.1 Å². The Bertz CT molecular complexity index is 1140. The van der Waals surface area contributed by atoms with E-state index >= 15 is 0 Å². The van der Waals surface area contributed by atoms with Crippen LogP contribution in [0.1, 0.15) is 56.7 Å². The van der Waals surface area contributed by atoms with Crippen LogP contribution in [0.5, 0.6) is 0 Å². The molecule has 2 aromatic carbocycles. The molecular formula is C28H32FNO4. The van der Waals surface area contributed by atoms with E-state index in [9.17, 15) is 19.4 Å². The normalized spacial score (nSPS) is 15.0. The zero-order chi connectivity index (χ0) is 24.7. The highest BCUT2D eigenvalue weighted by atomic mass is 19.1.